The SMILES string of the molecule is C[C@]12C(F)=CC(O)CC1C=C(O)[C@H]1[C@@H]3CCC(N)[C@@]3(C)CC[C@]12F. The van der Waals surface area contributed by atoms with E-state index in [1.54, 1.807) is 13.0 Å². The van der Waals surface area contributed by atoms with E-state index in [1.165, 1.54) is 0 Å². The van der Waals surface area contributed by atoms with Crippen molar-refractivity contribution in [3.05, 3.63) is 23.7 Å². The van der Waals surface area contributed by atoms with Gasteiger partial charge >= 0.3 is 0 Å². The van der Waals surface area contributed by atoms with E-state index in [1.807, 2.05) is 0 Å². The molecule has 8 atom stereocenters. The fraction of sp³-hybridized carbons (Fsp3) is 0.789. The summed E-state index contributed by atoms with van der Waals surface area (Å²) in [6, 6.07) is -0.000975. The number of hydrogen-bond acceptors (Lipinski definition) is 3. The van der Waals surface area contributed by atoms with Gasteiger partial charge in [0.25, 0.3) is 0 Å². The Morgan fingerprint density at radius 2 is 1.92 bits per heavy atom. The smallest absolute Gasteiger partial charge is 0.133 e. The molecule has 0 aromatic carbocycles. The summed E-state index contributed by atoms with van der Waals surface area (Å²) in [4.78, 5) is 0. The maximum atomic E-state index is 16.5. The van der Waals surface area contributed by atoms with Crippen LogP contribution in [0.1, 0.15) is 46.0 Å². The van der Waals surface area contributed by atoms with Crippen LogP contribution in [0.5, 0.6) is 0 Å². The largest absolute Gasteiger partial charge is 0.512 e. The van der Waals surface area contributed by atoms with Crippen molar-refractivity contribution in [2.45, 2.75) is 63.8 Å². The summed E-state index contributed by atoms with van der Waals surface area (Å²) in [6.45, 7) is 3.72. The van der Waals surface area contributed by atoms with Crippen LogP contribution in [0.15, 0.2) is 23.7 Å². The van der Waals surface area contributed by atoms with E-state index in [4.69, 9.17) is 5.73 Å². The molecule has 4 N–H and O–H groups in total. The highest BCUT2D eigenvalue weighted by Crippen LogP contribution is 2.69. The van der Waals surface area contributed by atoms with E-state index >= 15 is 4.39 Å². The van der Waals surface area contributed by atoms with Gasteiger partial charge in [-0.1, -0.05) is 6.92 Å². The number of aliphatic hydroxyl groups is 2. The molecule has 0 saturated heterocycles. The molecular weight excluding hydrogens is 312 g/mol. The fourth-order valence-electron chi connectivity index (χ4n) is 6.29. The lowest BCUT2D eigenvalue weighted by Crippen LogP contribution is -2.63. The van der Waals surface area contributed by atoms with Gasteiger partial charge in [-0.15, -0.1) is 0 Å². The molecule has 4 aliphatic carbocycles. The normalized spacial score (nSPS) is 56.7. The van der Waals surface area contributed by atoms with Crippen LogP contribution in [-0.2, 0) is 0 Å². The highest BCUT2D eigenvalue weighted by molar-refractivity contribution is 5.34. The van der Waals surface area contributed by atoms with Crippen molar-refractivity contribution in [3.8, 4) is 0 Å². The first-order valence-corrected chi connectivity index (χ1v) is 9.05. The molecule has 134 valence electrons. The zero-order valence-electron chi connectivity index (χ0n) is 14.3. The Bertz CT molecular complexity index is 635. The standard InChI is InChI=1S/C19H27F2NO2/c1-17-5-6-19(21)16(12(17)3-4-15(17)22)13(24)8-10-7-11(23)9-14(20)18(10,19)2/h8-12,15-16,23-24H,3-7,22H2,1-2H3/t10?,11?,12-,15?,16+,17-,18+,19-/m0/s1. The molecule has 4 aliphatic rings. The summed E-state index contributed by atoms with van der Waals surface area (Å²) in [7, 11) is 0. The minimum absolute atomic E-state index is 0.000975. The Balaban J connectivity index is 1.87. The lowest BCUT2D eigenvalue weighted by Gasteiger charge is -2.60. The van der Waals surface area contributed by atoms with Crippen molar-refractivity contribution >= 4 is 0 Å². The van der Waals surface area contributed by atoms with Crippen molar-refractivity contribution in [2.75, 3.05) is 0 Å². The number of nitrogens with two attached hydrogens (primary N) is 1. The molecule has 0 aromatic heterocycles. The lowest BCUT2D eigenvalue weighted by atomic mass is 9.46. The molecule has 24 heavy (non-hydrogen) atoms. The lowest BCUT2D eigenvalue weighted by molar-refractivity contribution is -0.151. The van der Waals surface area contributed by atoms with Crippen molar-refractivity contribution in [1.82, 2.24) is 0 Å². The number of allylic oxidation sites excluding steroid dienone is 3. The van der Waals surface area contributed by atoms with Gasteiger partial charge in [0.2, 0.25) is 0 Å². The molecule has 0 amide bonds. The third-order valence-electron chi connectivity index (χ3n) is 8.03. The molecule has 0 heterocycles. The van der Waals surface area contributed by atoms with Gasteiger partial charge in [0, 0.05) is 6.04 Å². The first kappa shape index (κ1) is 16.5. The molecule has 3 unspecified atom stereocenters. The molecule has 0 radical (unpaired) electrons. The van der Waals surface area contributed by atoms with Crippen LogP contribution in [0.4, 0.5) is 8.78 Å². The predicted octanol–water partition coefficient (Wildman–Crippen LogP) is 3.54. The van der Waals surface area contributed by atoms with Crippen LogP contribution in [0, 0.1) is 28.6 Å². The van der Waals surface area contributed by atoms with Gasteiger partial charge in [0.1, 0.15) is 11.5 Å². The third-order valence-corrected chi connectivity index (χ3v) is 8.03. The quantitative estimate of drug-likeness (QED) is 0.632. The molecule has 0 aliphatic heterocycles. The molecule has 5 heteroatoms. The first-order chi connectivity index (χ1) is 11.1. The second-order valence-electron chi connectivity index (χ2n) is 8.85. The van der Waals surface area contributed by atoms with Crippen molar-refractivity contribution in [2.24, 2.45) is 34.3 Å². The molecular formula is C19H27F2NO2. The van der Waals surface area contributed by atoms with Crippen LogP contribution < -0.4 is 5.73 Å². The third kappa shape index (κ3) is 1.73. The highest BCUT2D eigenvalue weighted by Gasteiger charge is 2.70. The average Bonchev–Trinajstić information content (AvgIpc) is 2.79. The summed E-state index contributed by atoms with van der Waals surface area (Å²) < 4.78 is 31.4. The fourth-order valence-corrected chi connectivity index (χ4v) is 6.29. The van der Waals surface area contributed by atoms with Gasteiger partial charge in [-0.2, -0.15) is 0 Å². The van der Waals surface area contributed by atoms with Gasteiger partial charge in [-0.3, -0.25) is 0 Å². The summed E-state index contributed by atoms with van der Waals surface area (Å²) >= 11 is 0. The minimum Gasteiger partial charge on any atom is -0.512 e. The van der Waals surface area contributed by atoms with Crippen molar-refractivity contribution < 1.29 is 19.0 Å². The minimum atomic E-state index is -1.84. The summed E-state index contributed by atoms with van der Waals surface area (Å²) in [5.74, 6) is -1.85. The topological polar surface area (TPSA) is 66.5 Å². The van der Waals surface area contributed by atoms with E-state index in [-0.39, 0.29) is 36.0 Å². The van der Waals surface area contributed by atoms with E-state index in [2.05, 4.69) is 6.92 Å². The van der Waals surface area contributed by atoms with Gasteiger partial charge in [0.15, 0.2) is 0 Å². The number of alkyl halides is 1. The Kier molecular flexibility index (Phi) is 3.32. The molecule has 0 spiro atoms. The molecule has 2 saturated carbocycles. The Labute approximate surface area is 141 Å². The first-order valence-electron chi connectivity index (χ1n) is 9.05. The van der Waals surface area contributed by atoms with Gasteiger partial charge in [-0.25, -0.2) is 8.78 Å². The maximum absolute atomic E-state index is 16.5. The predicted molar refractivity (Wildman–Crippen MR) is 87.5 cm³/mol. The van der Waals surface area contributed by atoms with Crippen LogP contribution in [0.3, 0.4) is 0 Å². The Hall–Kier alpha value is -0.940. The van der Waals surface area contributed by atoms with Gasteiger partial charge in [0.05, 0.1) is 23.2 Å². The second kappa shape index (κ2) is 4.82. The van der Waals surface area contributed by atoms with E-state index in [9.17, 15) is 14.6 Å². The summed E-state index contributed by atoms with van der Waals surface area (Å²) in [6.07, 6.45) is 4.46. The van der Waals surface area contributed by atoms with Crippen molar-refractivity contribution in [3.63, 3.8) is 0 Å². The van der Waals surface area contributed by atoms with Gasteiger partial charge < -0.3 is 15.9 Å². The van der Waals surface area contributed by atoms with Crippen LogP contribution in [-0.4, -0.2) is 28.0 Å². The molecule has 0 bridgehead atoms. The zero-order chi connectivity index (χ0) is 17.5. The average molecular weight is 339 g/mol. The molecule has 3 nitrogen and oxygen atoms in total. The Morgan fingerprint density at radius 3 is 2.62 bits per heavy atom. The molecule has 0 aromatic rings. The number of aliphatic hydroxyl groups excluding tert-OH is 2. The molecule has 4 rings (SSSR count). The zero-order valence-corrected chi connectivity index (χ0v) is 14.3. The van der Waals surface area contributed by atoms with E-state index < -0.39 is 34.9 Å². The summed E-state index contributed by atoms with van der Waals surface area (Å²) in [5, 5.41) is 20.6. The number of rotatable bonds is 0. The Morgan fingerprint density at radius 1 is 1.21 bits per heavy atom. The van der Waals surface area contributed by atoms with E-state index in [0.29, 0.717) is 6.42 Å². The number of halogens is 2. The van der Waals surface area contributed by atoms with E-state index in [0.717, 1.165) is 18.9 Å². The van der Waals surface area contributed by atoms with Crippen LogP contribution in [0.25, 0.3) is 0 Å². The van der Waals surface area contributed by atoms with Gasteiger partial charge in [-0.05, 0) is 68.4 Å². The summed E-state index contributed by atoms with van der Waals surface area (Å²) in [5.41, 5.74) is 2.93. The van der Waals surface area contributed by atoms with Crippen LogP contribution >= 0.6 is 0 Å². The monoisotopic (exact) mass is 339 g/mol. The molecule has 2 fully saturated rings. The van der Waals surface area contributed by atoms with Crippen molar-refractivity contribution in [1.29, 1.82) is 0 Å². The second-order valence-corrected chi connectivity index (χ2v) is 8.85. The number of hydrogen-bond donors (Lipinski definition) is 3. The van der Waals surface area contributed by atoms with Crippen LogP contribution in [0.2, 0.25) is 0 Å². The highest BCUT2D eigenvalue weighted by atomic mass is 19.2. The number of fused-ring (bicyclic) bond motifs is 5. The maximum Gasteiger partial charge on any atom is 0.133 e.